The highest BCUT2D eigenvalue weighted by molar-refractivity contribution is 4.76. The molecule has 0 spiro atoms. The maximum absolute atomic E-state index is 5.50. The maximum Gasteiger partial charge on any atom is 0.0494 e. The van der Waals surface area contributed by atoms with Crippen molar-refractivity contribution < 1.29 is 4.74 Å². The third kappa shape index (κ3) is 2.96. The number of piperidine rings is 1. The molecule has 0 aromatic heterocycles. The van der Waals surface area contributed by atoms with Crippen LogP contribution >= 0.6 is 0 Å². The Balaban J connectivity index is 1.69. The maximum atomic E-state index is 5.50. The molecule has 0 saturated carbocycles. The smallest absolute Gasteiger partial charge is 0.0494 e. The molecule has 2 heterocycles. The largest absolute Gasteiger partial charge is 0.381 e. The Morgan fingerprint density at radius 2 is 2.15 bits per heavy atom. The van der Waals surface area contributed by atoms with Gasteiger partial charge in [-0.2, -0.15) is 0 Å². The molecule has 13 heavy (non-hydrogen) atoms. The van der Waals surface area contributed by atoms with E-state index >= 15 is 0 Å². The average Bonchev–Trinajstić information content (AvgIpc) is 2.21. The van der Waals surface area contributed by atoms with Crippen LogP contribution in [-0.4, -0.2) is 25.8 Å². The first-order chi connectivity index (χ1) is 6.45. The third-order valence-corrected chi connectivity index (χ3v) is 3.28. The molecule has 0 bridgehead atoms. The summed E-state index contributed by atoms with van der Waals surface area (Å²) in [6, 6.07) is 0.792. The van der Waals surface area contributed by atoms with E-state index in [1.54, 1.807) is 0 Å². The predicted octanol–water partition coefficient (Wildman–Crippen LogP) is 1.95. The first-order valence-corrected chi connectivity index (χ1v) is 5.76. The van der Waals surface area contributed by atoms with Crippen molar-refractivity contribution in [1.29, 1.82) is 0 Å². The number of hydrogen-bond acceptors (Lipinski definition) is 2. The zero-order chi connectivity index (χ0) is 8.93. The Labute approximate surface area is 81.0 Å². The summed E-state index contributed by atoms with van der Waals surface area (Å²) in [7, 11) is 0. The van der Waals surface area contributed by atoms with Crippen LogP contribution in [-0.2, 0) is 4.74 Å². The van der Waals surface area contributed by atoms with Gasteiger partial charge in [-0.3, -0.25) is 0 Å². The van der Waals surface area contributed by atoms with E-state index in [9.17, 15) is 0 Å². The topological polar surface area (TPSA) is 21.3 Å². The minimum absolute atomic E-state index is 0.792. The van der Waals surface area contributed by atoms with Gasteiger partial charge in [-0.05, 0) is 44.6 Å². The van der Waals surface area contributed by atoms with Gasteiger partial charge in [0.25, 0.3) is 0 Å². The molecule has 0 aromatic carbocycles. The van der Waals surface area contributed by atoms with Gasteiger partial charge in [0.1, 0.15) is 0 Å². The highest BCUT2D eigenvalue weighted by Crippen LogP contribution is 2.22. The zero-order valence-corrected chi connectivity index (χ0v) is 8.43. The Kier molecular flexibility index (Phi) is 3.62. The molecule has 2 saturated heterocycles. The highest BCUT2D eigenvalue weighted by atomic mass is 16.5. The fraction of sp³-hybridized carbons (Fsp3) is 1.00. The minimum atomic E-state index is 0.792. The molecule has 1 N–H and O–H groups in total. The summed E-state index contributed by atoms with van der Waals surface area (Å²) in [5.41, 5.74) is 0. The van der Waals surface area contributed by atoms with Crippen LogP contribution < -0.4 is 5.32 Å². The van der Waals surface area contributed by atoms with Gasteiger partial charge in [-0.1, -0.05) is 6.42 Å². The van der Waals surface area contributed by atoms with Crippen molar-refractivity contribution in [3.8, 4) is 0 Å². The molecule has 0 aromatic rings. The van der Waals surface area contributed by atoms with Gasteiger partial charge in [0.05, 0.1) is 0 Å². The summed E-state index contributed by atoms with van der Waals surface area (Å²) in [5, 5.41) is 3.61. The van der Waals surface area contributed by atoms with E-state index in [2.05, 4.69) is 5.32 Å². The molecule has 0 radical (unpaired) electrons. The molecule has 0 aliphatic carbocycles. The van der Waals surface area contributed by atoms with Crippen LogP contribution in [0.3, 0.4) is 0 Å². The van der Waals surface area contributed by atoms with Crippen molar-refractivity contribution in [3.63, 3.8) is 0 Å². The summed E-state index contributed by atoms with van der Waals surface area (Å²) in [4.78, 5) is 0. The number of rotatable bonds is 2. The molecule has 2 unspecified atom stereocenters. The van der Waals surface area contributed by atoms with E-state index in [0.29, 0.717) is 0 Å². The summed E-state index contributed by atoms with van der Waals surface area (Å²) in [5.74, 6) is 0.837. The second-order valence-electron chi connectivity index (χ2n) is 4.47. The third-order valence-electron chi connectivity index (χ3n) is 3.28. The van der Waals surface area contributed by atoms with Gasteiger partial charge in [-0.15, -0.1) is 0 Å². The van der Waals surface area contributed by atoms with E-state index < -0.39 is 0 Å². The molecule has 2 atom stereocenters. The summed E-state index contributed by atoms with van der Waals surface area (Å²) in [6.45, 7) is 3.24. The molecule has 2 nitrogen and oxygen atoms in total. The Morgan fingerprint density at radius 3 is 2.85 bits per heavy atom. The Hall–Kier alpha value is -0.0800. The highest BCUT2D eigenvalue weighted by Gasteiger charge is 2.20. The van der Waals surface area contributed by atoms with Gasteiger partial charge in [0.15, 0.2) is 0 Å². The van der Waals surface area contributed by atoms with Gasteiger partial charge in [0.2, 0.25) is 0 Å². The van der Waals surface area contributed by atoms with Crippen LogP contribution in [0.15, 0.2) is 0 Å². The fourth-order valence-corrected chi connectivity index (χ4v) is 2.52. The monoisotopic (exact) mass is 183 g/mol. The second kappa shape index (κ2) is 4.97. The molecule has 2 heteroatoms. The van der Waals surface area contributed by atoms with Crippen LogP contribution in [0.5, 0.6) is 0 Å². The summed E-state index contributed by atoms with van der Waals surface area (Å²) < 4.78 is 5.50. The molecule has 2 fully saturated rings. The first-order valence-electron chi connectivity index (χ1n) is 5.76. The van der Waals surface area contributed by atoms with Crippen LogP contribution in [0.4, 0.5) is 0 Å². The van der Waals surface area contributed by atoms with Crippen LogP contribution in [0.25, 0.3) is 0 Å². The predicted molar refractivity (Wildman–Crippen MR) is 53.8 cm³/mol. The fourth-order valence-electron chi connectivity index (χ4n) is 2.52. The standard InChI is InChI=1S/C11H21NO/c1-2-6-12-11(5-1)8-10-4-3-7-13-9-10/h10-12H,1-9H2. The number of hydrogen-bond donors (Lipinski definition) is 1. The number of nitrogens with one attached hydrogen (secondary N) is 1. The van der Waals surface area contributed by atoms with Crippen LogP contribution in [0.2, 0.25) is 0 Å². The van der Waals surface area contributed by atoms with Gasteiger partial charge in [0, 0.05) is 19.3 Å². The van der Waals surface area contributed by atoms with E-state index in [1.807, 2.05) is 0 Å². The molecule has 2 aliphatic rings. The van der Waals surface area contributed by atoms with Gasteiger partial charge >= 0.3 is 0 Å². The lowest BCUT2D eigenvalue weighted by atomic mass is 9.90. The Morgan fingerprint density at radius 1 is 1.15 bits per heavy atom. The molecule has 2 rings (SSSR count). The Bertz CT molecular complexity index is 121. The molecule has 76 valence electrons. The zero-order valence-electron chi connectivity index (χ0n) is 8.43. The minimum Gasteiger partial charge on any atom is -0.381 e. The van der Waals surface area contributed by atoms with Gasteiger partial charge < -0.3 is 10.1 Å². The molecule has 2 aliphatic heterocycles. The molecular formula is C11H21NO. The van der Waals surface area contributed by atoms with Crippen molar-refractivity contribution in [2.45, 2.75) is 44.6 Å². The van der Waals surface area contributed by atoms with E-state index in [0.717, 1.165) is 25.2 Å². The molecular weight excluding hydrogens is 162 g/mol. The lowest BCUT2D eigenvalue weighted by Crippen LogP contribution is -2.36. The SMILES string of the molecule is C1CCC(CC2CCCOC2)NC1. The normalized spacial score (nSPS) is 36.0. The van der Waals surface area contributed by atoms with Crippen molar-refractivity contribution in [2.24, 2.45) is 5.92 Å². The number of ether oxygens (including phenoxy) is 1. The average molecular weight is 183 g/mol. The van der Waals surface area contributed by atoms with Crippen LogP contribution in [0, 0.1) is 5.92 Å². The summed E-state index contributed by atoms with van der Waals surface area (Å²) in [6.07, 6.45) is 8.19. The first kappa shape index (κ1) is 9.47. The van der Waals surface area contributed by atoms with Crippen molar-refractivity contribution in [1.82, 2.24) is 5.32 Å². The van der Waals surface area contributed by atoms with Crippen molar-refractivity contribution in [3.05, 3.63) is 0 Å². The quantitative estimate of drug-likeness (QED) is 0.706. The van der Waals surface area contributed by atoms with Gasteiger partial charge in [-0.25, -0.2) is 0 Å². The van der Waals surface area contributed by atoms with E-state index in [1.165, 1.54) is 45.1 Å². The van der Waals surface area contributed by atoms with Crippen molar-refractivity contribution >= 4 is 0 Å². The van der Waals surface area contributed by atoms with Crippen LogP contribution in [0.1, 0.15) is 38.5 Å². The lowest BCUT2D eigenvalue weighted by molar-refractivity contribution is 0.0463. The summed E-state index contributed by atoms with van der Waals surface area (Å²) >= 11 is 0. The second-order valence-corrected chi connectivity index (χ2v) is 4.47. The van der Waals surface area contributed by atoms with E-state index in [4.69, 9.17) is 4.74 Å². The molecule has 0 amide bonds. The van der Waals surface area contributed by atoms with E-state index in [-0.39, 0.29) is 0 Å². The lowest BCUT2D eigenvalue weighted by Gasteiger charge is -2.29. The van der Waals surface area contributed by atoms with Crippen molar-refractivity contribution in [2.75, 3.05) is 19.8 Å².